The second kappa shape index (κ2) is 9.06. The van der Waals surface area contributed by atoms with Crippen LogP contribution in [0.5, 0.6) is 0 Å². The Morgan fingerprint density at radius 3 is 2.04 bits per heavy atom. The van der Waals surface area contributed by atoms with E-state index in [0.29, 0.717) is 13.1 Å². The molecule has 8 heteroatoms. The summed E-state index contributed by atoms with van der Waals surface area (Å²) in [5.74, 6) is -0.391. The van der Waals surface area contributed by atoms with E-state index >= 15 is 0 Å². The molecule has 2 rings (SSSR count). The van der Waals surface area contributed by atoms with Crippen molar-refractivity contribution < 1.29 is 13.2 Å². The van der Waals surface area contributed by atoms with Crippen LogP contribution in [0, 0.1) is 0 Å². The molecule has 0 saturated carbocycles. The van der Waals surface area contributed by atoms with Crippen molar-refractivity contribution in [3.8, 4) is 0 Å². The summed E-state index contributed by atoms with van der Waals surface area (Å²) in [7, 11) is -3.51. The van der Waals surface area contributed by atoms with Gasteiger partial charge in [-0.15, -0.1) is 0 Å². The predicted octanol–water partition coefficient (Wildman–Crippen LogP) is 4.51. The first-order valence-electron chi connectivity index (χ1n) is 8.57. The average Bonchev–Trinajstić information content (AvgIpc) is 2.62. The predicted molar refractivity (Wildman–Crippen MR) is 109 cm³/mol. The number of nitrogens with zero attached hydrogens (tertiary/aromatic N) is 1. The monoisotopic (exact) mass is 428 g/mol. The molecule has 0 bridgehead atoms. The largest absolute Gasteiger partial charge is 0.345 e. The normalized spacial score (nSPS) is 12.8. The van der Waals surface area contributed by atoms with E-state index in [0.717, 1.165) is 5.56 Å². The number of hydrogen-bond acceptors (Lipinski definition) is 3. The molecule has 27 heavy (non-hydrogen) atoms. The number of halogens is 2. The fourth-order valence-electron chi connectivity index (χ4n) is 2.71. The third-order valence-electron chi connectivity index (χ3n) is 4.26. The van der Waals surface area contributed by atoms with E-state index in [1.165, 1.54) is 4.31 Å². The molecule has 1 unspecified atom stereocenters. The summed E-state index contributed by atoms with van der Waals surface area (Å²) in [4.78, 5) is 12.7. The van der Waals surface area contributed by atoms with Crippen molar-refractivity contribution >= 4 is 39.1 Å². The quantitative estimate of drug-likeness (QED) is 0.704. The minimum atomic E-state index is -3.51. The van der Waals surface area contributed by atoms with E-state index in [1.54, 1.807) is 63.2 Å². The SMILES string of the molecule is CCN(CC)S(=O)(=O)c1ccc(C(C)NC(=O)c2c(Cl)cccc2Cl)cc1. The summed E-state index contributed by atoms with van der Waals surface area (Å²) < 4.78 is 26.5. The first-order chi connectivity index (χ1) is 12.7. The zero-order valence-corrected chi connectivity index (χ0v) is 17.7. The summed E-state index contributed by atoms with van der Waals surface area (Å²) in [6, 6.07) is 11.0. The van der Waals surface area contributed by atoms with Gasteiger partial charge in [-0.1, -0.05) is 55.2 Å². The number of hydrogen-bond donors (Lipinski definition) is 1. The molecule has 0 aliphatic rings. The molecule has 0 aliphatic heterocycles. The molecule has 1 atom stereocenters. The van der Waals surface area contributed by atoms with Gasteiger partial charge in [0.25, 0.3) is 5.91 Å². The molecule has 5 nitrogen and oxygen atoms in total. The van der Waals surface area contributed by atoms with Gasteiger partial charge in [0.05, 0.1) is 26.5 Å². The van der Waals surface area contributed by atoms with Crippen molar-refractivity contribution in [3.05, 3.63) is 63.6 Å². The van der Waals surface area contributed by atoms with Crippen LogP contribution in [-0.4, -0.2) is 31.7 Å². The highest BCUT2D eigenvalue weighted by Gasteiger charge is 2.22. The number of rotatable bonds is 7. The Morgan fingerprint density at radius 1 is 1.04 bits per heavy atom. The molecule has 2 aromatic rings. The fourth-order valence-corrected chi connectivity index (χ4v) is 4.74. The van der Waals surface area contributed by atoms with Crippen molar-refractivity contribution in [2.24, 2.45) is 0 Å². The highest BCUT2D eigenvalue weighted by Crippen LogP contribution is 2.25. The Hall–Kier alpha value is -1.60. The van der Waals surface area contributed by atoms with Gasteiger partial charge in [-0.3, -0.25) is 4.79 Å². The van der Waals surface area contributed by atoms with Crippen LogP contribution in [0.15, 0.2) is 47.4 Å². The van der Waals surface area contributed by atoms with Crippen LogP contribution >= 0.6 is 23.2 Å². The van der Waals surface area contributed by atoms with Gasteiger partial charge in [0, 0.05) is 13.1 Å². The second-order valence-corrected chi connectivity index (χ2v) is 8.70. The van der Waals surface area contributed by atoms with E-state index in [-0.39, 0.29) is 26.5 Å². The topological polar surface area (TPSA) is 66.5 Å². The smallest absolute Gasteiger partial charge is 0.254 e. The third kappa shape index (κ3) is 4.82. The minimum absolute atomic E-state index is 0.216. The Balaban J connectivity index is 2.19. The van der Waals surface area contributed by atoms with E-state index in [4.69, 9.17) is 23.2 Å². The Kier molecular flexibility index (Phi) is 7.28. The van der Waals surface area contributed by atoms with Gasteiger partial charge in [0.2, 0.25) is 10.0 Å². The second-order valence-electron chi connectivity index (χ2n) is 5.95. The van der Waals surface area contributed by atoms with E-state index in [1.807, 2.05) is 0 Å². The van der Waals surface area contributed by atoms with Gasteiger partial charge in [-0.05, 0) is 36.8 Å². The maximum Gasteiger partial charge on any atom is 0.254 e. The number of nitrogens with one attached hydrogen (secondary N) is 1. The lowest BCUT2D eigenvalue weighted by molar-refractivity contribution is 0.0940. The molecule has 0 aromatic heterocycles. The van der Waals surface area contributed by atoms with Crippen LogP contribution in [0.3, 0.4) is 0 Å². The van der Waals surface area contributed by atoms with Gasteiger partial charge in [0.1, 0.15) is 0 Å². The summed E-state index contributed by atoms with van der Waals surface area (Å²) in [5.41, 5.74) is 0.985. The van der Waals surface area contributed by atoms with Gasteiger partial charge in [0.15, 0.2) is 0 Å². The van der Waals surface area contributed by atoms with Crippen LogP contribution in [0.25, 0.3) is 0 Å². The first-order valence-corrected chi connectivity index (χ1v) is 10.8. The van der Waals surface area contributed by atoms with E-state index < -0.39 is 15.9 Å². The molecular formula is C19H22Cl2N2O3S. The Morgan fingerprint density at radius 2 is 1.56 bits per heavy atom. The van der Waals surface area contributed by atoms with Crippen molar-refractivity contribution in [1.82, 2.24) is 9.62 Å². The number of benzene rings is 2. The molecule has 2 aromatic carbocycles. The lowest BCUT2D eigenvalue weighted by atomic mass is 10.1. The zero-order valence-electron chi connectivity index (χ0n) is 15.4. The number of carbonyl (C=O) groups is 1. The highest BCUT2D eigenvalue weighted by atomic mass is 35.5. The first kappa shape index (κ1) is 21.7. The van der Waals surface area contributed by atoms with Gasteiger partial charge < -0.3 is 5.32 Å². The molecule has 0 radical (unpaired) electrons. The third-order valence-corrected chi connectivity index (χ3v) is 6.95. The summed E-state index contributed by atoms with van der Waals surface area (Å²) in [6.07, 6.45) is 0. The molecule has 0 spiro atoms. The van der Waals surface area contributed by atoms with Crippen molar-refractivity contribution in [3.63, 3.8) is 0 Å². The van der Waals surface area contributed by atoms with Gasteiger partial charge in [-0.2, -0.15) is 4.31 Å². The summed E-state index contributed by atoms with van der Waals surface area (Å²) >= 11 is 12.1. The van der Waals surface area contributed by atoms with Crippen LogP contribution in [0.4, 0.5) is 0 Å². The highest BCUT2D eigenvalue weighted by molar-refractivity contribution is 7.89. The Labute approximate surface area is 170 Å². The molecule has 0 fully saturated rings. The molecule has 0 heterocycles. The van der Waals surface area contributed by atoms with Crippen molar-refractivity contribution in [2.75, 3.05) is 13.1 Å². The maximum absolute atomic E-state index is 12.5. The molecule has 0 aliphatic carbocycles. The molecule has 1 N–H and O–H groups in total. The maximum atomic E-state index is 12.5. The number of carbonyl (C=O) groups excluding carboxylic acids is 1. The van der Waals surface area contributed by atoms with Gasteiger partial charge in [-0.25, -0.2) is 8.42 Å². The van der Waals surface area contributed by atoms with Crippen molar-refractivity contribution in [2.45, 2.75) is 31.7 Å². The lowest BCUT2D eigenvalue weighted by Gasteiger charge is -2.19. The lowest BCUT2D eigenvalue weighted by Crippen LogP contribution is -2.30. The number of amides is 1. The van der Waals surface area contributed by atoms with Gasteiger partial charge >= 0.3 is 0 Å². The summed E-state index contributed by atoms with van der Waals surface area (Å²) in [5, 5.41) is 3.37. The summed E-state index contributed by atoms with van der Waals surface area (Å²) in [6.45, 7) is 6.22. The molecule has 146 valence electrons. The van der Waals surface area contributed by atoms with Crippen LogP contribution in [0.2, 0.25) is 10.0 Å². The average molecular weight is 429 g/mol. The van der Waals surface area contributed by atoms with E-state index in [2.05, 4.69) is 5.32 Å². The van der Waals surface area contributed by atoms with E-state index in [9.17, 15) is 13.2 Å². The molecular weight excluding hydrogens is 407 g/mol. The van der Waals surface area contributed by atoms with Crippen LogP contribution < -0.4 is 5.32 Å². The van der Waals surface area contributed by atoms with Crippen molar-refractivity contribution in [1.29, 1.82) is 0 Å². The standard InChI is InChI=1S/C19H22Cl2N2O3S/c1-4-23(5-2)27(25,26)15-11-9-14(10-12-15)13(3)22-19(24)18-16(20)7-6-8-17(18)21/h6-13H,4-5H2,1-3H3,(H,22,24). The fraction of sp³-hybridized carbons (Fsp3) is 0.316. The number of sulfonamides is 1. The molecule has 1 amide bonds. The minimum Gasteiger partial charge on any atom is -0.345 e. The zero-order chi connectivity index (χ0) is 20.2. The van der Waals surface area contributed by atoms with Crippen LogP contribution in [0.1, 0.15) is 42.7 Å². The molecule has 0 saturated heterocycles. The Bertz CT molecular complexity index is 891. The van der Waals surface area contributed by atoms with Crippen LogP contribution in [-0.2, 0) is 10.0 Å².